The highest BCUT2D eigenvalue weighted by Gasteiger charge is 2.27. The highest BCUT2D eigenvalue weighted by atomic mass is 79.9. The molecule has 0 aliphatic rings. The first-order valence-corrected chi connectivity index (χ1v) is 10.6. The van der Waals surface area contributed by atoms with Gasteiger partial charge in [0.15, 0.2) is 6.61 Å². The number of halogens is 1. The molecule has 1 amide bonds. The van der Waals surface area contributed by atoms with E-state index in [2.05, 4.69) is 21.2 Å². The average Bonchev–Trinajstić information content (AvgIpc) is 3.03. The molecule has 1 N–H and O–H groups in total. The summed E-state index contributed by atoms with van der Waals surface area (Å²) in [5.74, 6) is -2.61. The third-order valence-corrected chi connectivity index (χ3v) is 5.47. The lowest BCUT2D eigenvalue weighted by molar-refractivity contribution is -0.119. The van der Waals surface area contributed by atoms with E-state index < -0.39 is 30.4 Å². The number of esters is 3. The maximum atomic E-state index is 12.3. The zero-order chi connectivity index (χ0) is 22.3. The standard InChI is InChI=1S/C20H20BrNO7S/c1-4-27-19(25)15-11(3)16(20(26)28-5-2)30-17(15)22-14(23)10-29-18(24)12-6-8-13(21)9-7-12/h6-9H,4-5,10H2,1-3H3,(H,22,23). The van der Waals surface area contributed by atoms with Gasteiger partial charge in [-0.05, 0) is 50.6 Å². The zero-order valence-electron chi connectivity index (χ0n) is 16.6. The minimum atomic E-state index is -0.677. The third-order valence-electron chi connectivity index (χ3n) is 3.75. The number of carbonyl (C=O) groups is 4. The minimum Gasteiger partial charge on any atom is -0.462 e. The maximum Gasteiger partial charge on any atom is 0.348 e. The van der Waals surface area contributed by atoms with Gasteiger partial charge in [-0.2, -0.15) is 0 Å². The summed E-state index contributed by atoms with van der Waals surface area (Å²) < 4.78 is 15.8. The molecule has 0 spiro atoms. The Bertz CT molecular complexity index is 953. The van der Waals surface area contributed by atoms with Gasteiger partial charge < -0.3 is 19.5 Å². The van der Waals surface area contributed by atoms with Crippen LogP contribution in [0.15, 0.2) is 28.7 Å². The zero-order valence-corrected chi connectivity index (χ0v) is 19.0. The van der Waals surface area contributed by atoms with Crippen LogP contribution in [0.2, 0.25) is 0 Å². The summed E-state index contributed by atoms with van der Waals surface area (Å²) in [7, 11) is 0. The van der Waals surface area contributed by atoms with Gasteiger partial charge in [-0.1, -0.05) is 15.9 Å². The molecule has 160 valence electrons. The van der Waals surface area contributed by atoms with Crippen molar-refractivity contribution in [2.45, 2.75) is 20.8 Å². The fourth-order valence-corrected chi connectivity index (χ4v) is 3.77. The number of rotatable bonds is 8. The Balaban J connectivity index is 2.14. The summed E-state index contributed by atoms with van der Waals surface area (Å²) in [5, 5.41) is 2.63. The molecular weight excluding hydrogens is 478 g/mol. The first-order chi connectivity index (χ1) is 14.3. The van der Waals surface area contributed by atoms with Crippen molar-refractivity contribution in [2.75, 3.05) is 25.1 Å². The highest BCUT2D eigenvalue weighted by Crippen LogP contribution is 2.34. The molecule has 0 aliphatic carbocycles. The average molecular weight is 498 g/mol. The second-order valence-electron chi connectivity index (χ2n) is 5.83. The van der Waals surface area contributed by atoms with Gasteiger partial charge in [0, 0.05) is 4.47 Å². The Morgan fingerprint density at radius 2 is 1.53 bits per heavy atom. The quantitative estimate of drug-likeness (QED) is 0.434. The van der Waals surface area contributed by atoms with Gasteiger partial charge in [0.25, 0.3) is 5.91 Å². The normalized spacial score (nSPS) is 10.3. The number of hydrogen-bond donors (Lipinski definition) is 1. The van der Waals surface area contributed by atoms with Crippen LogP contribution >= 0.6 is 27.3 Å². The van der Waals surface area contributed by atoms with Gasteiger partial charge in [0.2, 0.25) is 0 Å². The Morgan fingerprint density at radius 3 is 2.13 bits per heavy atom. The van der Waals surface area contributed by atoms with E-state index in [1.54, 1.807) is 45.0 Å². The third kappa shape index (κ3) is 5.90. The van der Waals surface area contributed by atoms with E-state index in [1.807, 2.05) is 0 Å². The van der Waals surface area contributed by atoms with Crippen LogP contribution in [0.5, 0.6) is 0 Å². The predicted molar refractivity (Wildman–Crippen MR) is 114 cm³/mol. The molecule has 0 aliphatic heterocycles. The molecule has 30 heavy (non-hydrogen) atoms. The molecular formula is C20H20BrNO7S. The monoisotopic (exact) mass is 497 g/mol. The van der Waals surface area contributed by atoms with Gasteiger partial charge in [0.05, 0.1) is 24.3 Å². The van der Waals surface area contributed by atoms with Crippen LogP contribution in [0, 0.1) is 6.92 Å². The Labute approximate surface area is 185 Å². The van der Waals surface area contributed by atoms with Crippen LogP contribution in [0.3, 0.4) is 0 Å². The number of amides is 1. The molecule has 1 aromatic heterocycles. The molecule has 0 fully saturated rings. The topological polar surface area (TPSA) is 108 Å². The number of ether oxygens (including phenoxy) is 3. The smallest absolute Gasteiger partial charge is 0.348 e. The summed E-state index contributed by atoms with van der Waals surface area (Å²) >= 11 is 4.16. The molecule has 0 saturated carbocycles. The Hall–Kier alpha value is -2.72. The predicted octanol–water partition coefficient (Wildman–Crippen LogP) is 3.97. The van der Waals surface area contributed by atoms with Crippen LogP contribution in [-0.2, 0) is 19.0 Å². The van der Waals surface area contributed by atoms with Crippen LogP contribution < -0.4 is 5.32 Å². The van der Waals surface area contributed by atoms with E-state index in [4.69, 9.17) is 14.2 Å². The first-order valence-electron chi connectivity index (χ1n) is 8.98. The number of thiophene rings is 1. The number of carbonyl (C=O) groups excluding carboxylic acids is 4. The van der Waals surface area contributed by atoms with Gasteiger partial charge in [-0.15, -0.1) is 11.3 Å². The lowest BCUT2D eigenvalue weighted by Crippen LogP contribution is -2.21. The number of nitrogens with one attached hydrogen (secondary N) is 1. The lowest BCUT2D eigenvalue weighted by atomic mass is 10.1. The molecule has 2 rings (SSSR count). The van der Waals surface area contributed by atoms with Crippen molar-refractivity contribution >= 4 is 56.1 Å². The summed E-state index contributed by atoms with van der Waals surface area (Å²) in [5.41, 5.74) is 0.700. The molecule has 0 saturated heterocycles. The second-order valence-corrected chi connectivity index (χ2v) is 7.77. The molecule has 0 unspecified atom stereocenters. The first kappa shape index (κ1) is 23.6. The van der Waals surface area contributed by atoms with Gasteiger partial charge in [-0.3, -0.25) is 4.79 Å². The lowest BCUT2D eigenvalue weighted by Gasteiger charge is -2.08. The van der Waals surface area contributed by atoms with Crippen LogP contribution in [0.25, 0.3) is 0 Å². The van der Waals surface area contributed by atoms with E-state index >= 15 is 0 Å². The van der Waals surface area contributed by atoms with Crippen molar-refractivity contribution in [3.63, 3.8) is 0 Å². The summed E-state index contributed by atoms with van der Waals surface area (Å²) in [6.07, 6.45) is 0. The Morgan fingerprint density at radius 1 is 0.933 bits per heavy atom. The molecule has 8 nitrogen and oxygen atoms in total. The summed E-state index contributed by atoms with van der Waals surface area (Å²) in [4.78, 5) is 49.0. The van der Waals surface area contributed by atoms with E-state index in [-0.39, 0.29) is 34.2 Å². The van der Waals surface area contributed by atoms with Gasteiger partial charge in [-0.25, -0.2) is 14.4 Å². The van der Waals surface area contributed by atoms with Crippen LogP contribution in [0.4, 0.5) is 5.00 Å². The van der Waals surface area contributed by atoms with E-state index in [9.17, 15) is 19.2 Å². The van der Waals surface area contributed by atoms with Crippen molar-refractivity contribution in [3.8, 4) is 0 Å². The van der Waals surface area contributed by atoms with E-state index in [0.29, 0.717) is 5.56 Å². The Kier molecular flexibility index (Phi) is 8.55. The maximum absolute atomic E-state index is 12.3. The molecule has 2 aromatic rings. The van der Waals surface area contributed by atoms with Crippen molar-refractivity contribution in [3.05, 3.63) is 50.3 Å². The largest absolute Gasteiger partial charge is 0.462 e. The van der Waals surface area contributed by atoms with Crippen molar-refractivity contribution in [1.82, 2.24) is 0 Å². The van der Waals surface area contributed by atoms with Crippen molar-refractivity contribution in [1.29, 1.82) is 0 Å². The van der Waals surface area contributed by atoms with E-state index in [1.165, 1.54) is 0 Å². The fourth-order valence-electron chi connectivity index (χ4n) is 2.41. The molecule has 0 radical (unpaired) electrons. The second kappa shape index (κ2) is 10.9. The minimum absolute atomic E-state index is 0.0671. The molecule has 0 bridgehead atoms. The molecule has 1 heterocycles. The van der Waals surface area contributed by atoms with Crippen molar-refractivity contribution in [2.24, 2.45) is 0 Å². The number of anilines is 1. The van der Waals surface area contributed by atoms with Crippen molar-refractivity contribution < 1.29 is 33.4 Å². The molecule has 1 aromatic carbocycles. The highest BCUT2D eigenvalue weighted by molar-refractivity contribution is 9.10. The number of benzene rings is 1. The van der Waals surface area contributed by atoms with Gasteiger partial charge in [0.1, 0.15) is 9.88 Å². The van der Waals surface area contributed by atoms with Crippen LogP contribution in [-0.4, -0.2) is 43.6 Å². The van der Waals surface area contributed by atoms with Gasteiger partial charge >= 0.3 is 17.9 Å². The summed E-state index contributed by atoms with van der Waals surface area (Å²) in [6.45, 7) is 4.60. The SMILES string of the molecule is CCOC(=O)c1sc(NC(=O)COC(=O)c2ccc(Br)cc2)c(C(=O)OCC)c1C. The number of hydrogen-bond acceptors (Lipinski definition) is 8. The molecule has 0 atom stereocenters. The fraction of sp³-hybridized carbons (Fsp3) is 0.300. The molecule has 10 heteroatoms. The summed E-state index contributed by atoms with van der Waals surface area (Å²) in [6, 6.07) is 6.45. The van der Waals surface area contributed by atoms with E-state index in [0.717, 1.165) is 15.8 Å². The van der Waals surface area contributed by atoms with Crippen LogP contribution in [0.1, 0.15) is 49.8 Å².